The van der Waals surface area contributed by atoms with Crippen LogP contribution >= 0.6 is 11.5 Å². The molecule has 1 saturated heterocycles. The van der Waals surface area contributed by atoms with E-state index in [2.05, 4.69) is 29.6 Å². The first-order chi connectivity index (χ1) is 15.2. The number of carbonyl (C=O) groups excluding carboxylic acids is 1. The lowest BCUT2D eigenvalue weighted by atomic mass is 9.85. The fourth-order valence-electron chi connectivity index (χ4n) is 3.44. The average Bonchev–Trinajstić information content (AvgIpc) is 3.14. The molecule has 10 nitrogen and oxygen atoms in total. The number of nitrogens with zero attached hydrogens (tertiary/aromatic N) is 5. The second-order valence-corrected chi connectivity index (χ2v) is 10.0. The Hall–Kier alpha value is -3.03. The van der Waals surface area contributed by atoms with E-state index in [0.29, 0.717) is 30.3 Å². The van der Waals surface area contributed by atoms with Gasteiger partial charge in [0.2, 0.25) is 15.9 Å². The van der Waals surface area contributed by atoms with Crippen LogP contribution in [0.4, 0.5) is 10.2 Å². The van der Waals surface area contributed by atoms with E-state index >= 15 is 0 Å². The van der Waals surface area contributed by atoms with Gasteiger partial charge in [0.1, 0.15) is 22.1 Å². The summed E-state index contributed by atoms with van der Waals surface area (Å²) in [6.07, 6.45) is 2.39. The maximum absolute atomic E-state index is 13.3. The van der Waals surface area contributed by atoms with Crippen LogP contribution in [0.15, 0.2) is 41.6 Å². The Balaban J connectivity index is 1.46. The number of aryl methyl sites for hydroxylation is 1. The van der Waals surface area contributed by atoms with Gasteiger partial charge in [0, 0.05) is 19.7 Å². The second-order valence-electron chi connectivity index (χ2n) is 7.44. The molecule has 0 aliphatic carbocycles. The van der Waals surface area contributed by atoms with Crippen molar-refractivity contribution in [2.45, 2.75) is 30.8 Å². The van der Waals surface area contributed by atoms with Crippen LogP contribution in [0.25, 0.3) is 0 Å². The molecule has 0 atom stereocenters. The van der Waals surface area contributed by atoms with Crippen LogP contribution < -0.4 is 14.9 Å². The van der Waals surface area contributed by atoms with E-state index in [1.165, 1.54) is 31.3 Å². The van der Waals surface area contributed by atoms with Crippen LogP contribution in [0.1, 0.15) is 23.2 Å². The molecule has 168 valence electrons. The first kappa shape index (κ1) is 22.2. The molecule has 0 bridgehead atoms. The van der Waals surface area contributed by atoms with E-state index in [1.54, 1.807) is 13.0 Å². The van der Waals surface area contributed by atoms with Crippen molar-refractivity contribution in [1.82, 2.24) is 29.6 Å². The highest BCUT2D eigenvalue weighted by atomic mass is 32.2. The van der Waals surface area contributed by atoms with Crippen molar-refractivity contribution < 1.29 is 17.6 Å². The molecule has 3 aromatic rings. The Bertz CT molecular complexity index is 1220. The van der Waals surface area contributed by atoms with Gasteiger partial charge in [-0.15, -0.1) is 5.10 Å². The monoisotopic (exact) mass is 477 g/mol. The lowest BCUT2D eigenvalue weighted by molar-refractivity contribution is -0.121. The number of rotatable bonds is 7. The van der Waals surface area contributed by atoms with E-state index in [0.717, 1.165) is 22.6 Å². The maximum atomic E-state index is 13.3. The van der Waals surface area contributed by atoms with Crippen molar-refractivity contribution in [2.24, 2.45) is 0 Å². The number of anilines is 1. The quantitative estimate of drug-likeness (QED) is 0.518. The number of aromatic nitrogens is 4. The van der Waals surface area contributed by atoms with Gasteiger partial charge in [0.05, 0.1) is 35.6 Å². The Kier molecular flexibility index (Phi) is 5.88. The molecule has 1 fully saturated rings. The van der Waals surface area contributed by atoms with E-state index in [1.807, 2.05) is 4.90 Å². The van der Waals surface area contributed by atoms with Gasteiger partial charge in [-0.2, -0.15) is 0 Å². The summed E-state index contributed by atoms with van der Waals surface area (Å²) in [5, 5.41) is 6.75. The van der Waals surface area contributed by atoms with Crippen molar-refractivity contribution in [1.29, 1.82) is 0 Å². The number of hydrogen-bond acceptors (Lipinski definition) is 9. The predicted molar refractivity (Wildman–Crippen MR) is 115 cm³/mol. The van der Waals surface area contributed by atoms with E-state index < -0.39 is 21.4 Å². The molecule has 0 unspecified atom stereocenters. The molecule has 4 heterocycles. The number of hydrogen-bond donors (Lipinski definition) is 2. The molecule has 0 radical (unpaired) electrons. The van der Waals surface area contributed by atoms with Gasteiger partial charge in [0.15, 0.2) is 0 Å². The van der Waals surface area contributed by atoms with Gasteiger partial charge in [-0.05, 0) is 42.7 Å². The van der Waals surface area contributed by atoms with Crippen molar-refractivity contribution in [3.63, 3.8) is 0 Å². The van der Waals surface area contributed by atoms with Crippen LogP contribution in [-0.4, -0.2) is 47.0 Å². The minimum Gasteiger partial charge on any atom is -0.351 e. The molecular formula is C19H20FN7O3S2. The van der Waals surface area contributed by atoms with Crippen LogP contribution in [-0.2, 0) is 26.9 Å². The summed E-state index contributed by atoms with van der Waals surface area (Å²) < 4.78 is 44.7. The van der Waals surface area contributed by atoms with Gasteiger partial charge in [-0.1, -0.05) is 4.49 Å². The molecule has 13 heteroatoms. The standard InChI is InChI=1S/C19H20FN7O3S2/c1-12-16(31-26-25-12)9-23-32(29,30)15-4-6-18(22-8-15)27-10-19(11-27,24-13(2)28)17-5-3-14(20)7-21-17/h3-8,23H,9-11H2,1-2H3,(H,24,28). The fraction of sp³-hybridized carbons (Fsp3) is 0.316. The highest BCUT2D eigenvalue weighted by Crippen LogP contribution is 2.34. The van der Waals surface area contributed by atoms with Crippen LogP contribution in [0.5, 0.6) is 0 Å². The smallest absolute Gasteiger partial charge is 0.242 e. The number of nitrogens with one attached hydrogen (secondary N) is 2. The highest BCUT2D eigenvalue weighted by Gasteiger charge is 2.47. The first-order valence-corrected chi connectivity index (χ1v) is 11.8. The third kappa shape index (κ3) is 4.45. The van der Waals surface area contributed by atoms with Gasteiger partial charge >= 0.3 is 0 Å². The molecule has 0 saturated carbocycles. The average molecular weight is 478 g/mol. The lowest BCUT2D eigenvalue weighted by Gasteiger charge is -2.50. The van der Waals surface area contributed by atoms with E-state index in [4.69, 9.17) is 0 Å². The molecule has 0 spiro atoms. The SMILES string of the molecule is CC(=O)NC1(c2ccc(F)cn2)CN(c2ccc(S(=O)(=O)NCc3snnc3C)cn2)C1. The third-order valence-electron chi connectivity index (χ3n) is 5.08. The van der Waals surface area contributed by atoms with Crippen molar-refractivity contribution in [3.05, 3.63) is 58.7 Å². The van der Waals surface area contributed by atoms with E-state index in [-0.39, 0.29) is 17.3 Å². The number of pyridine rings is 2. The Morgan fingerprint density at radius 2 is 2.00 bits per heavy atom. The summed E-state index contributed by atoms with van der Waals surface area (Å²) in [6.45, 7) is 3.99. The van der Waals surface area contributed by atoms with Crippen LogP contribution in [0.3, 0.4) is 0 Å². The summed E-state index contributed by atoms with van der Waals surface area (Å²) in [5.74, 6) is -0.145. The summed E-state index contributed by atoms with van der Waals surface area (Å²) in [7, 11) is -3.75. The normalized spacial score (nSPS) is 15.3. The maximum Gasteiger partial charge on any atom is 0.242 e. The van der Waals surface area contributed by atoms with Gasteiger partial charge < -0.3 is 10.2 Å². The molecular weight excluding hydrogens is 457 g/mol. The zero-order valence-corrected chi connectivity index (χ0v) is 18.9. The fourth-order valence-corrected chi connectivity index (χ4v) is 5.05. The second kappa shape index (κ2) is 8.48. The first-order valence-electron chi connectivity index (χ1n) is 9.58. The summed E-state index contributed by atoms with van der Waals surface area (Å²) in [4.78, 5) is 22.8. The summed E-state index contributed by atoms with van der Waals surface area (Å²) >= 11 is 1.14. The predicted octanol–water partition coefficient (Wildman–Crippen LogP) is 1.11. The Labute approximate surface area is 188 Å². The molecule has 4 rings (SSSR count). The van der Waals surface area contributed by atoms with Gasteiger partial charge in [0.25, 0.3) is 0 Å². The van der Waals surface area contributed by atoms with Gasteiger partial charge in [-0.25, -0.2) is 22.5 Å². The molecule has 2 N–H and O–H groups in total. The third-order valence-corrected chi connectivity index (χ3v) is 7.29. The van der Waals surface area contributed by atoms with Crippen molar-refractivity contribution >= 4 is 33.3 Å². The zero-order valence-electron chi connectivity index (χ0n) is 17.2. The van der Waals surface area contributed by atoms with Crippen LogP contribution in [0, 0.1) is 12.7 Å². The minimum absolute atomic E-state index is 0.0326. The summed E-state index contributed by atoms with van der Waals surface area (Å²) in [6, 6.07) is 5.90. The van der Waals surface area contributed by atoms with Crippen LogP contribution in [0.2, 0.25) is 0 Å². The number of amides is 1. The number of halogens is 1. The molecule has 0 aromatic carbocycles. The topological polar surface area (TPSA) is 130 Å². The van der Waals surface area contributed by atoms with Gasteiger partial charge in [-0.3, -0.25) is 9.78 Å². The number of carbonyl (C=O) groups is 1. The molecule has 1 aliphatic heterocycles. The Morgan fingerprint density at radius 3 is 2.56 bits per heavy atom. The number of sulfonamides is 1. The molecule has 1 aliphatic rings. The molecule has 1 amide bonds. The van der Waals surface area contributed by atoms with Crippen molar-refractivity contribution in [3.8, 4) is 0 Å². The largest absolute Gasteiger partial charge is 0.351 e. The minimum atomic E-state index is -3.75. The highest BCUT2D eigenvalue weighted by molar-refractivity contribution is 7.89. The summed E-state index contributed by atoms with van der Waals surface area (Å²) in [5.41, 5.74) is 0.456. The molecule has 32 heavy (non-hydrogen) atoms. The molecule has 3 aromatic heterocycles. The van der Waals surface area contributed by atoms with E-state index in [9.17, 15) is 17.6 Å². The Morgan fingerprint density at radius 1 is 1.22 bits per heavy atom. The lowest BCUT2D eigenvalue weighted by Crippen LogP contribution is -2.68. The van der Waals surface area contributed by atoms with Crippen molar-refractivity contribution in [2.75, 3.05) is 18.0 Å². The zero-order chi connectivity index (χ0) is 22.9.